The number of benzene rings is 1. The van der Waals surface area contributed by atoms with Gasteiger partial charge < -0.3 is 0 Å². The van der Waals surface area contributed by atoms with Crippen LogP contribution in [0.4, 0.5) is 0 Å². The van der Waals surface area contributed by atoms with Crippen molar-refractivity contribution in [2.45, 2.75) is 67.2 Å². The molecular formula is C18H28. The smallest absolute Gasteiger partial charge is 0.0210 e. The molecule has 0 nitrogen and oxygen atoms in total. The van der Waals surface area contributed by atoms with Crippen LogP contribution in [0.15, 0.2) is 12.1 Å². The molecular weight excluding hydrogens is 216 g/mol. The molecule has 0 unspecified atom stereocenters. The molecule has 18 heavy (non-hydrogen) atoms. The van der Waals surface area contributed by atoms with Gasteiger partial charge in [0.1, 0.15) is 0 Å². The summed E-state index contributed by atoms with van der Waals surface area (Å²) in [5.74, 6) is 1.15. The van der Waals surface area contributed by atoms with Crippen LogP contribution < -0.4 is 10.4 Å². The van der Waals surface area contributed by atoms with Gasteiger partial charge in [-0.1, -0.05) is 51.0 Å². The quantitative estimate of drug-likeness (QED) is 0.727. The van der Waals surface area contributed by atoms with Crippen LogP contribution in [-0.4, -0.2) is 0 Å². The molecule has 0 spiro atoms. The van der Waals surface area contributed by atoms with Crippen LogP contribution in [0, 0.1) is 0 Å². The zero-order valence-corrected chi connectivity index (χ0v) is 13.3. The summed E-state index contributed by atoms with van der Waals surface area (Å²) in [7, 11) is 0. The van der Waals surface area contributed by atoms with E-state index in [-0.39, 0.29) is 0 Å². The highest BCUT2D eigenvalue weighted by Crippen LogP contribution is 2.21. The third kappa shape index (κ3) is 2.85. The van der Waals surface area contributed by atoms with E-state index >= 15 is 0 Å². The van der Waals surface area contributed by atoms with Crippen molar-refractivity contribution in [3.63, 3.8) is 0 Å². The highest BCUT2D eigenvalue weighted by molar-refractivity contribution is 5.51. The Morgan fingerprint density at radius 3 is 1.11 bits per heavy atom. The minimum Gasteiger partial charge on any atom is -0.0689 e. The second-order valence-electron chi connectivity index (χ2n) is 6.30. The maximum Gasteiger partial charge on any atom is -0.0210 e. The van der Waals surface area contributed by atoms with Crippen LogP contribution in [0.2, 0.25) is 0 Å². The first-order valence-corrected chi connectivity index (χ1v) is 7.05. The van der Waals surface area contributed by atoms with Crippen molar-refractivity contribution in [1.82, 2.24) is 0 Å². The van der Waals surface area contributed by atoms with Crippen molar-refractivity contribution in [3.8, 4) is 0 Å². The first-order chi connectivity index (χ1) is 8.27. The highest BCUT2D eigenvalue weighted by Gasteiger charge is 2.13. The summed E-state index contributed by atoms with van der Waals surface area (Å²) >= 11 is 0. The van der Waals surface area contributed by atoms with Crippen LogP contribution in [0.25, 0.3) is 11.1 Å². The van der Waals surface area contributed by atoms with Crippen LogP contribution in [0.3, 0.4) is 0 Å². The van der Waals surface area contributed by atoms with E-state index in [0.29, 0.717) is 11.8 Å². The molecule has 0 aromatic heterocycles. The Balaban J connectivity index is 3.98. The average Bonchev–Trinajstić information content (AvgIpc) is 2.26. The SMILES string of the molecule is CC(C)=c1ccc(=C(C)C)c(C(C)C)c1C(C)C. The van der Waals surface area contributed by atoms with Gasteiger partial charge in [0.05, 0.1) is 0 Å². The van der Waals surface area contributed by atoms with Crippen molar-refractivity contribution < 1.29 is 0 Å². The van der Waals surface area contributed by atoms with Gasteiger partial charge in [-0.05, 0) is 61.1 Å². The van der Waals surface area contributed by atoms with Gasteiger partial charge >= 0.3 is 0 Å². The molecule has 0 bridgehead atoms. The molecule has 1 aromatic carbocycles. The fraction of sp³-hybridized carbons (Fsp3) is 0.556. The molecule has 0 atom stereocenters. The number of hydrogen-bond donors (Lipinski definition) is 0. The molecule has 1 rings (SSSR count). The molecule has 0 aliphatic rings. The Labute approximate surface area is 112 Å². The van der Waals surface area contributed by atoms with Gasteiger partial charge in [0.15, 0.2) is 0 Å². The Morgan fingerprint density at radius 1 is 0.667 bits per heavy atom. The largest absolute Gasteiger partial charge is 0.0689 e. The maximum absolute atomic E-state index is 2.31. The Bertz CT molecular complexity index is 483. The molecule has 0 radical (unpaired) electrons. The lowest BCUT2D eigenvalue weighted by Crippen LogP contribution is -2.25. The Hall–Kier alpha value is -1.04. The van der Waals surface area contributed by atoms with Crippen LogP contribution in [0.5, 0.6) is 0 Å². The van der Waals surface area contributed by atoms with Crippen molar-refractivity contribution >= 4 is 11.1 Å². The second kappa shape index (κ2) is 5.73. The summed E-state index contributed by atoms with van der Waals surface area (Å²) in [6.45, 7) is 18.1. The van der Waals surface area contributed by atoms with Crippen molar-refractivity contribution in [1.29, 1.82) is 0 Å². The summed E-state index contributed by atoms with van der Waals surface area (Å²) in [6.07, 6.45) is 0. The standard InChI is InChI=1S/C18H28/c1-11(2)15-9-10-16(12(3)4)18(14(7)8)17(15)13(5)6/h9-10,13-14H,1-8H3. The summed E-state index contributed by atoms with van der Waals surface area (Å²) < 4.78 is 0. The molecule has 0 aliphatic heterocycles. The summed E-state index contributed by atoms with van der Waals surface area (Å²) in [4.78, 5) is 0. The minimum atomic E-state index is 0.576. The summed E-state index contributed by atoms with van der Waals surface area (Å²) in [5, 5.41) is 2.89. The van der Waals surface area contributed by atoms with Gasteiger partial charge in [-0.3, -0.25) is 0 Å². The number of hydrogen-bond acceptors (Lipinski definition) is 0. The number of rotatable bonds is 2. The molecule has 0 aliphatic carbocycles. The molecule has 0 heterocycles. The fourth-order valence-electron chi connectivity index (χ4n) is 2.75. The topological polar surface area (TPSA) is 0 Å². The van der Waals surface area contributed by atoms with Crippen molar-refractivity contribution in [2.75, 3.05) is 0 Å². The average molecular weight is 244 g/mol. The molecule has 1 aromatic rings. The normalized spacial score (nSPS) is 11.2. The minimum absolute atomic E-state index is 0.576. The van der Waals surface area contributed by atoms with E-state index in [4.69, 9.17) is 0 Å². The maximum atomic E-state index is 2.31. The summed E-state index contributed by atoms with van der Waals surface area (Å²) in [5.41, 5.74) is 5.93. The lowest BCUT2D eigenvalue weighted by atomic mass is 9.85. The van der Waals surface area contributed by atoms with E-state index in [0.717, 1.165) is 0 Å². The first-order valence-electron chi connectivity index (χ1n) is 7.05. The molecule has 0 fully saturated rings. The van der Waals surface area contributed by atoms with Crippen LogP contribution in [-0.2, 0) is 0 Å². The van der Waals surface area contributed by atoms with Crippen LogP contribution >= 0.6 is 0 Å². The van der Waals surface area contributed by atoms with E-state index in [9.17, 15) is 0 Å². The summed E-state index contributed by atoms with van der Waals surface area (Å²) in [6, 6.07) is 4.61. The van der Waals surface area contributed by atoms with E-state index in [1.165, 1.54) is 21.6 Å². The van der Waals surface area contributed by atoms with E-state index < -0.39 is 0 Å². The van der Waals surface area contributed by atoms with E-state index in [1.54, 1.807) is 11.1 Å². The third-order valence-electron chi connectivity index (χ3n) is 3.52. The Kier molecular flexibility index (Phi) is 4.78. The predicted octanol–water partition coefficient (Wildman–Crippen LogP) is 4.31. The molecule has 0 amide bonds. The zero-order valence-electron chi connectivity index (χ0n) is 13.3. The van der Waals surface area contributed by atoms with Gasteiger partial charge in [-0.25, -0.2) is 0 Å². The molecule has 0 saturated heterocycles. The van der Waals surface area contributed by atoms with Gasteiger partial charge in [-0.15, -0.1) is 0 Å². The molecule has 0 heteroatoms. The van der Waals surface area contributed by atoms with Gasteiger partial charge in [-0.2, -0.15) is 0 Å². The van der Waals surface area contributed by atoms with Gasteiger partial charge in [0.25, 0.3) is 0 Å². The molecule has 100 valence electrons. The van der Waals surface area contributed by atoms with Gasteiger partial charge in [0.2, 0.25) is 0 Å². The van der Waals surface area contributed by atoms with E-state index in [2.05, 4.69) is 67.5 Å². The second-order valence-corrected chi connectivity index (χ2v) is 6.30. The monoisotopic (exact) mass is 244 g/mol. The third-order valence-corrected chi connectivity index (χ3v) is 3.52. The van der Waals surface area contributed by atoms with Crippen LogP contribution in [0.1, 0.15) is 78.4 Å². The zero-order chi connectivity index (χ0) is 14.0. The molecule has 0 saturated carbocycles. The fourth-order valence-corrected chi connectivity index (χ4v) is 2.75. The lowest BCUT2D eigenvalue weighted by molar-refractivity contribution is 0.776. The molecule has 0 N–H and O–H groups in total. The first kappa shape index (κ1) is 15.0. The van der Waals surface area contributed by atoms with Crippen molar-refractivity contribution in [3.05, 3.63) is 33.7 Å². The predicted molar refractivity (Wildman–Crippen MR) is 83.4 cm³/mol. The Morgan fingerprint density at radius 2 is 0.944 bits per heavy atom. The van der Waals surface area contributed by atoms with Crippen molar-refractivity contribution in [2.24, 2.45) is 0 Å². The lowest BCUT2D eigenvalue weighted by Gasteiger charge is -2.19. The van der Waals surface area contributed by atoms with E-state index in [1.807, 2.05) is 0 Å². The van der Waals surface area contributed by atoms with Gasteiger partial charge in [0, 0.05) is 0 Å². The highest BCUT2D eigenvalue weighted by atomic mass is 14.2.